The summed E-state index contributed by atoms with van der Waals surface area (Å²) in [6.45, 7) is 4.07. The van der Waals surface area contributed by atoms with Gasteiger partial charge in [-0.15, -0.1) is 0 Å². The number of aromatic nitrogens is 2. The molecule has 0 aliphatic heterocycles. The van der Waals surface area contributed by atoms with Crippen LogP contribution in [-0.4, -0.2) is 16.9 Å². The second kappa shape index (κ2) is 6.04. The maximum atomic E-state index is 6.36. The van der Waals surface area contributed by atoms with Crippen LogP contribution in [0.4, 0.5) is 0 Å². The Labute approximate surface area is 128 Å². The SMILES string of the molecule is COc1cnn(C(C)C)c1C(N)c1ccc(Cl)cc1Cl. The van der Waals surface area contributed by atoms with Gasteiger partial charge in [-0.2, -0.15) is 5.10 Å². The summed E-state index contributed by atoms with van der Waals surface area (Å²) in [7, 11) is 1.60. The highest BCUT2D eigenvalue weighted by Gasteiger charge is 2.23. The summed E-state index contributed by atoms with van der Waals surface area (Å²) in [4.78, 5) is 0. The highest BCUT2D eigenvalue weighted by Crippen LogP contribution is 2.34. The van der Waals surface area contributed by atoms with E-state index in [1.807, 2.05) is 24.6 Å². The lowest BCUT2D eigenvalue weighted by Crippen LogP contribution is -2.19. The van der Waals surface area contributed by atoms with E-state index < -0.39 is 6.04 Å². The minimum absolute atomic E-state index is 0.172. The second-order valence-electron chi connectivity index (χ2n) is 4.78. The van der Waals surface area contributed by atoms with Crippen molar-refractivity contribution < 1.29 is 4.74 Å². The summed E-state index contributed by atoms with van der Waals surface area (Å²) in [6, 6.07) is 5.02. The van der Waals surface area contributed by atoms with Gasteiger partial charge in [-0.1, -0.05) is 29.3 Å². The minimum Gasteiger partial charge on any atom is -0.493 e. The summed E-state index contributed by atoms with van der Waals surface area (Å²) in [6.07, 6.45) is 1.67. The summed E-state index contributed by atoms with van der Waals surface area (Å²) >= 11 is 12.2. The van der Waals surface area contributed by atoms with Crippen LogP contribution in [0.5, 0.6) is 5.75 Å². The van der Waals surface area contributed by atoms with E-state index in [9.17, 15) is 0 Å². The lowest BCUT2D eigenvalue weighted by molar-refractivity contribution is 0.401. The van der Waals surface area contributed by atoms with Crippen LogP contribution >= 0.6 is 23.2 Å². The topological polar surface area (TPSA) is 53.1 Å². The number of halogens is 2. The van der Waals surface area contributed by atoms with Crippen molar-refractivity contribution in [3.63, 3.8) is 0 Å². The molecule has 1 unspecified atom stereocenters. The van der Waals surface area contributed by atoms with Gasteiger partial charge < -0.3 is 10.5 Å². The first-order valence-corrected chi connectivity index (χ1v) is 7.03. The van der Waals surface area contributed by atoms with Crippen molar-refractivity contribution in [2.45, 2.75) is 25.9 Å². The van der Waals surface area contributed by atoms with Crippen LogP contribution in [-0.2, 0) is 0 Å². The molecule has 0 amide bonds. The molecule has 4 nitrogen and oxygen atoms in total. The number of hydrogen-bond acceptors (Lipinski definition) is 3. The van der Waals surface area contributed by atoms with E-state index in [0.717, 1.165) is 11.3 Å². The summed E-state index contributed by atoms with van der Waals surface area (Å²) in [5, 5.41) is 5.43. The van der Waals surface area contributed by atoms with E-state index in [2.05, 4.69) is 5.10 Å². The normalized spacial score (nSPS) is 12.8. The van der Waals surface area contributed by atoms with Gasteiger partial charge in [0.1, 0.15) is 5.69 Å². The maximum absolute atomic E-state index is 6.36. The molecule has 0 fully saturated rings. The zero-order valence-electron chi connectivity index (χ0n) is 11.6. The van der Waals surface area contributed by atoms with Crippen molar-refractivity contribution in [2.24, 2.45) is 5.73 Å². The fourth-order valence-corrected chi connectivity index (χ4v) is 2.65. The lowest BCUT2D eigenvalue weighted by atomic mass is 10.0. The smallest absolute Gasteiger partial charge is 0.161 e. The summed E-state index contributed by atoms with van der Waals surface area (Å²) in [5.41, 5.74) is 7.94. The van der Waals surface area contributed by atoms with Crippen LogP contribution in [0.1, 0.15) is 37.2 Å². The number of nitrogens with two attached hydrogens (primary N) is 1. The number of methoxy groups -OCH3 is 1. The lowest BCUT2D eigenvalue weighted by Gasteiger charge is -2.19. The first kappa shape index (κ1) is 15.2. The Bertz CT molecular complexity index is 610. The van der Waals surface area contributed by atoms with Crippen LogP contribution in [0, 0.1) is 0 Å². The Balaban J connectivity index is 2.52. The second-order valence-corrected chi connectivity index (χ2v) is 5.62. The van der Waals surface area contributed by atoms with Gasteiger partial charge in [-0.05, 0) is 31.5 Å². The fourth-order valence-electron chi connectivity index (χ4n) is 2.12. The number of benzene rings is 1. The summed E-state index contributed by atoms with van der Waals surface area (Å²) in [5.74, 6) is 0.650. The highest BCUT2D eigenvalue weighted by atomic mass is 35.5. The van der Waals surface area contributed by atoms with E-state index in [-0.39, 0.29) is 6.04 Å². The van der Waals surface area contributed by atoms with Gasteiger partial charge >= 0.3 is 0 Å². The molecule has 6 heteroatoms. The van der Waals surface area contributed by atoms with Gasteiger partial charge in [-0.3, -0.25) is 4.68 Å². The Kier molecular flexibility index (Phi) is 4.58. The van der Waals surface area contributed by atoms with E-state index in [1.54, 1.807) is 25.4 Å². The first-order valence-electron chi connectivity index (χ1n) is 6.27. The van der Waals surface area contributed by atoms with Crippen LogP contribution < -0.4 is 10.5 Å². The standard InChI is InChI=1S/C14H17Cl2N3O/c1-8(2)19-14(12(20-3)7-18-19)13(17)10-5-4-9(15)6-11(10)16/h4-8,13H,17H2,1-3H3. The van der Waals surface area contributed by atoms with Crippen LogP contribution in [0.2, 0.25) is 10.0 Å². The number of hydrogen-bond donors (Lipinski definition) is 1. The van der Waals surface area contributed by atoms with Crippen molar-refractivity contribution in [1.29, 1.82) is 0 Å². The molecule has 0 saturated carbocycles. The van der Waals surface area contributed by atoms with E-state index in [0.29, 0.717) is 15.8 Å². The number of rotatable bonds is 4. The maximum Gasteiger partial charge on any atom is 0.161 e. The molecule has 0 bridgehead atoms. The average Bonchev–Trinajstić information content (AvgIpc) is 2.81. The summed E-state index contributed by atoms with van der Waals surface area (Å²) < 4.78 is 7.19. The third kappa shape index (κ3) is 2.77. The van der Waals surface area contributed by atoms with Gasteiger partial charge in [-0.25, -0.2) is 0 Å². The minimum atomic E-state index is -0.431. The zero-order chi connectivity index (χ0) is 14.9. The van der Waals surface area contributed by atoms with Gasteiger partial charge in [0.2, 0.25) is 0 Å². The van der Waals surface area contributed by atoms with Gasteiger partial charge in [0.25, 0.3) is 0 Å². The Morgan fingerprint density at radius 3 is 2.55 bits per heavy atom. The molecule has 0 spiro atoms. The van der Waals surface area contributed by atoms with Crippen molar-refractivity contribution in [1.82, 2.24) is 9.78 Å². The zero-order valence-corrected chi connectivity index (χ0v) is 13.1. The Morgan fingerprint density at radius 2 is 2.00 bits per heavy atom. The molecule has 2 N–H and O–H groups in total. The molecule has 2 aromatic rings. The molecular formula is C14H17Cl2N3O. The Morgan fingerprint density at radius 1 is 1.30 bits per heavy atom. The Hall–Kier alpha value is -1.23. The highest BCUT2D eigenvalue weighted by molar-refractivity contribution is 6.35. The largest absolute Gasteiger partial charge is 0.493 e. The molecule has 0 saturated heterocycles. The van der Waals surface area contributed by atoms with E-state index in [1.165, 1.54) is 0 Å². The van der Waals surface area contributed by atoms with E-state index >= 15 is 0 Å². The van der Waals surface area contributed by atoms with Crippen LogP contribution in [0.3, 0.4) is 0 Å². The quantitative estimate of drug-likeness (QED) is 0.933. The molecule has 108 valence electrons. The molecule has 1 heterocycles. The number of nitrogens with zero attached hydrogens (tertiary/aromatic N) is 2. The monoisotopic (exact) mass is 313 g/mol. The molecule has 1 aromatic carbocycles. The predicted molar refractivity (Wildman–Crippen MR) is 81.7 cm³/mol. The van der Waals surface area contributed by atoms with Gasteiger partial charge in [0.05, 0.1) is 19.3 Å². The third-order valence-corrected chi connectivity index (χ3v) is 3.66. The third-order valence-electron chi connectivity index (χ3n) is 3.10. The van der Waals surface area contributed by atoms with E-state index in [4.69, 9.17) is 33.7 Å². The first-order chi connectivity index (χ1) is 9.45. The molecule has 1 aromatic heterocycles. The molecule has 2 rings (SSSR count). The van der Waals surface area contributed by atoms with Crippen LogP contribution in [0.15, 0.2) is 24.4 Å². The predicted octanol–water partition coefficient (Wildman–Crippen LogP) is 3.83. The van der Waals surface area contributed by atoms with Gasteiger partial charge in [0.15, 0.2) is 5.75 Å². The average molecular weight is 314 g/mol. The van der Waals surface area contributed by atoms with Gasteiger partial charge in [0, 0.05) is 16.1 Å². The molecule has 20 heavy (non-hydrogen) atoms. The van der Waals surface area contributed by atoms with Crippen molar-refractivity contribution in [3.8, 4) is 5.75 Å². The van der Waals surface area contributed by atoms with Crippen molar-refractivity contribution in [3.05, 3.63) is 45.7 Å². The molecule has 0 aliphatic carbocycles. The fraction of sp³-hybridized carbons (Fsp3) is 0.357. The molecule has 0 aliphatic rings. The molecule has 1 atom stereocenters. The van der Waals surface area contributed by atoms with Crippen molar-refractivity contribution in [2.75, 3.05) is 7.11 Å². The van der Waals surface area contributed by atoms with Crippen LogP contribution in [0.25, 0.3) is 0 Å². The molecular weight excluding hydrogens is 297 g/mol. The van der Waals surface area contributed by atoms with Crippen molar-refractivity contribution >= 4 is 23.2 Å². The molecule has 0 radical (unpaired) electrons. The number of ether oxygens (including phenoxy) is 1.